The second-order valence-corrected chi connectivity index (χ2v) is 4.04. The minimum absolute atomic E-state index is 0.279. The van der Waals surface area contributed by atoms with Crippen molar-refractivity contribution in [3.8, 4) is 5.75 Å². The summed E-state index contributed by atoms with van der Waals surface area (Å²) in [4.78, 5) is 0. The maximum absolute atomic E-state index is 13.3. The normalized spacial score (nSPS) is 20.5. The number of ether oxygens (including phenoxy) is 1. The zero-order valence-corrected chi connectivity index (χ0v) is 8.92. The Balaban J connectivity index is 1.94. The fourth-order valence-electron chi connectivity index (χ4n) is 1.81. The van der Waals surface area contributed by atoms with E-state index >= 15 is 0 Å². The maximum atomic E-state index is 13.3. The minimum atomic E-state index is -0.279. The Morgan fingerprint density at radius 3 is 3.13 bits per heavy atom. The average Bonchev–Trinajstić information content (AvgIpc) is 2.72. The zero-order valence-electron chi connectivity index (χ0n) is 8.92. The first-order valence-electron chi connectivity index (χ1n) is 5.38. The van der Waals surface area contributed by atoms with E-state index < -0.39 is 0 Å². The van der Waals surface area contributed by atoms with E-state index in [9.17, 15) is 4.39 Å². The summed E-state index contributed by atoms with van der Waals surface area (Å²) >= 11 is 0. The Hall–Kier alpha value is -1.09. The molecule has 1 heterocycles. The van der Waals surface area contributed by atoms with Crippen LogP contribution in [0.1, 0.15) is 18.4 Å². The lowest BCUT2D eigenvalue weighted by atomic mass is 10.2. The standard InChI is InChI=1S/C12H16FNO/c1-9-4-5-11(13)12(7-9)15-8-10-3-2-6-14-10/h4-5,7,10,14H,2-3,6,8H2,1H3/t10-/m0/s1. The highest BCUT2D eigenvalue weighted by molar-refractivity contribution is 5.29. The van der Waals surface area contributed by atoms with Crippen LogP contribution in [0.3, 0.4) is 0 Å². The fourth-order valence-corrected chi connectivity index (χ4v) is 1.81. The summed E-state index contributed by atoms with van der Waals surface area (Å²) in [6, 6.07) is 5.32. The molecule has 15 heavy (non-hydrogen) atoms. The molecule has 0 radical (unpaired) electrons. The monoisotopic (exact) mass is 209 g/mol. The highest BCUT2D eigenvalue weighted by Gasteiger charge is 2.15. The summed E-state index contributed by atoms with van der Waals surface area (Å²) in [6.45, 7) is 3.53. The van der Waals surface area contributed by atoms with E-state index in [4.69, 9.17) is 4.74 Å². The van der Waals surface area contributed by atoms with Gasteiger partial charge in [0.2, 0.25) is 0 Å². The largest absolute Gasteiger partial charge is 0.489 e. The van der Waals surface area contributed by atoms with Crippen molar-refractivity contribution in [2.75, 3.05) is 13.2 Å². The van der Waals surface area contributed by atoms with Crippen LogP contribution in [0.2, 0.25) is 0 Å². The van der Waals surface area contributed by atoms with Crippen molar-refractivity contribution in [1.29, 1.82) is 0 Å². The molecule has 82 valence electrons. The number of halogens is 1. The third kappa shape index (κ3) is 2.69. The van der Waals surface area contributed by atoms with Crippen molar-refractivity contribution in [2.45, 2.75) is 25.8 Å². The summed E-state index contributed by atoms with van der Waals surface area (Å²) in [5.41, 5.74) is 1.02. The molecule has 1 aromatic carbocycles. The highest BCUT2D eigenvalue weighted by atomic mass is 19.1. The van der Waals surface area contributed by atoms with E-state index in [1.807, 2.05) is 6.92 Å². The first kappa shape index (κ1) is 10.4. The van der Waals surface area contributed by atoms with Gasteiger partial charge in [0.05, 0.1) is 0 Å². The van der Waals surface area contributed by atoms with Crippen LogP contribution in [-0.4, -0.2) is 19.2 Å². The van der Waals surface area contributed by atoms with Gasteiger partial charge in [-0.2, -0.15) is 0 Å². The summed E-state index contributed by atoms with van der Waals surface area (Å²) in [6.07, 6.45) is 2.30. The van der Waals surface area contributed by atoms with Gasteiger partial charge in [0.1, 0.15) is 6.61 Å². The second kappa shape index (κ2) is 4.62. The van der Waals surface area contributed by atoms with Gasteiger partial charge in [-0.3, -0.25) is 0 Å². The Kier molecular flexibility index (Phi) is 3.21. The van der Waals surface area contributed by atoms with Gasteiger partial charge in [-0.05, 0) is 44.0 Å². The molecular formula is C12H16FNO. The minimum Gasteiger partial charge on any atom is -0.489 e. The molecule has 0 aliphatic carbocycles. The van der Waals surface area contributed by atoms with Crippen LogP contribution in [0.4, 0.5) is 4.39 Å². The molecule has 2 nitrogen and oxygen atoms in total. The van der Waals surface area contributed by atoms with Crippen LogP contribution in [0.25, 0.3) is 0 Å². The molecule has 1 N–H and O–H groups in total. The molecule has 2 rings (SSSR count). The van der Waals surface area contributed by atoms with Crippen molar-refractivity contribution in [1.82, 2.24) is 5.32 Å². The lowest BCUT2D eigenvalue weighted by Crippen LogP contribution is -2.28. The summed E-state index contributed by atoms with van der Waals surface area (Å²) in [5.74, 6) is 0.0855. The van der Waals surface area contributed by atoms with Gasteiger partial charge in [-0.25, -0.2) is 4.39 Å². The third-order valence-electron chi connectivity index (χ3n) is 2.69. The van der Waals surface area contributed by atoms with Gasteiger partial charge in [-0.15, -0.1) is 0 Å². The maximum Gasteiger partial charge on any atom is 0.165 e. The van der Waals surface area contributed by atoms with Crippen molar-refractivity contribution >= 4 is 0 Å². The Labute approximate surface area is 89.4 Å². The van der Waals surface area contributed by atoms with Crippen LogP contribution in [0, 0.1) is 12.7 Å². The summed E-state index contributed by atoms with van der Waals surface area (Å²) in [5, 5.41) is 3.31. The lowest BCUT2D eigenvalue weighted by molar-refractivity contribution is 0.265. The van der Waals surface area contributed by atoms with Crippen LogP contribution < -0.4 is 10.1 Å². The van der Waals surface area contributed by atoms with E-state index in [0.29, 0.717) is 18.4 Å². The van der Waals surface area contributed by atoms with Gasteiger partial charge in [0.25, 0.3) is 0 Å². The van der Waals surface area contributed by atoms with E-state index in [2.05, 4.69) is 5.32 Å². The molecule has 0 bridgehead atoms. The molecule has 1 saturated heterocycles. The lowest BCUT2D eigenvalue weighted by Gasteiger charge is -2.12. The highest BCUT2D eigenvalue weighted by Crippen LogP contribution is 2.19. The average molecular weight is 209 g/mol. The van der Waals surface area contributed by atoms with Gasteiger partial charge >= 0.3 is 0 Å². The smallest absolute Gasteiger partial charge is 0.165 e. The number of hydrogen-bond donors (Lipinski definition) is 1. The SMILES string of the molecule is Cc1ccc(F)c(OC[C@@H]2CCCN2)c1. The Bertz CT molecular complexity index is 334. The topological polar surface area (TPSA) is 21.3 Å². The molecule has 0 spiro atoms. The molecule has 0 unspecified atom stereocenters. The van der Waals surface area contributed by atoms with Crippen LogP contribution >= 0.6 is 0 Å². The molecule has 0 aromatic heterocycles. The van der Waals surface area contributed by atoms with Crippen LogP contribution in [0.15, 0.2) is 18.2 Å². The molecule has 1 fully saturated rings. The van der Waals surface area contributed by atoms with Gasteiger partial charge < -0.3 is 10.1 Å². The number of nitrogens with one attached hydrogen (secondary N) is 1. The summed E-state index contributed by atoms with van der Waals surface area (Å²) in [7, 11) is 0. The van der Waals surface area contributed by atoms with Gasteiger partial charge in [0.15, 0.2) is 11.6 Å². The van der Waals surface area contributed by atoms with Gasteiger partial charge in [0, 0.05) is 6.04 Å². The van der Waals surface area contributed by atoms with E-state index in [0.717, 1.165) is 18.5 Å². The quantitative estimate of drug-likeness (QED) is 0.824. The van der Waals surface area contributed by atoms with Crippen molar-refractivity contribution < 1.29 is 9.13 Å². The Morgan fingerprint density at radius 2 is 2.40 bits per heavy atom. The van der Waals surface area contributed by atoms with Crippen molar-refractivity contribution in [2.24, 2.45) is 0 Å². The van der Waals surface area contributed by atoms with Crippen molar-refractivity contribution in [3.63, 3.8) is 0 Å². The molecule has 1 atom stereocenters. The molecule has 1 aliphatic heterocycles. The Morgan fingerprint density at radius 1 is 1.53 bits per heavy atom. The van der Waals surface area contributed by atoms with E-state index in [1.165, 1.54) is 12.5 Å². The van der Waals surface area contributed by atoms with Crippen LogP contribution in [-0.2, 0) is 0 Å². The second-order valence-electron chi connectivity index (χ2n) is 4.04. The van der Waals surface area contributed by atoms with Crippen molar-refractivity contribution in [3.05, 3.63) is 29.6 Å². The number of rotatable bonds is 3. The number of aryl methyl sites for hydroxylation is 1. The molecule has 3 heteroatoms. The summed E-state index contributed by atoms with van der Waals surface area (Å²) < 4.78 is 18.8. The van der Waals surface area contributed by atoms with E-state index in [1.54, 1.807) is 12.1 Å². The molecule has 1 aliphatic rings. The van der Waals surface area contributed by atoms with Crippen LogP contribution in [0.5, 0.6) is 5.75 Å². The molecule has 0 amide bonds. The first-order chi connectivity index (χ1) is 7.25. The molecule has 1 aromatic rings. The number of benzene rings is 1. The third-order valence-corrected chi connectivity index (χ3v) is 2.69. The fraction of sp³-hybridized carbons (Fsp3) is 0.500. The number of hydrogen-bond acceptors (Lipinski definition) is 2. The molecule has 0 saturated carbocycles. The van der Waals surface area contributed by atoms with E-state index in [-0.39, 0.29) is 5.82 Å². The predicted molar refractivity (Wildman–Crippen MR) is 57.7 cm³/mol. The zero-order chi connectivity index (χ0) is 10.7. The molecular weight excluding hydrogens is 193 g/mol. The first-order valence-corrected chi connectivity index (χ1v) is 5.38. The van der Waals surface area contributed by atoms with Gasteiger partial charge in [-0.1, -0.05) is 6.07 Å². The predicted octanol–water partition coefficient (Wildman–Crippen LogP) is 2.26.